The van der Waals surface area contributed by atoms with Crippen molar-refractivity contribution in [1.82, 2.24) is 24.7 Å². The number of likely N-dealkylation sites (N-methyl/N-ethyl adjacent to an activating group) is 2. The summed E-state index contributed by atoms with van der Waals surface area (Å²) in [5, 5.41) is 13.3. The lowest BCUT2D eigenvalue weighted by Crippen LogP contribution is -2.54. The van der Waals surface area contributed by atoms with Crippen LogP contribution >= 0.6 is 0 Å². The van der Waals surface area contributed by atoms with Crippen molar-refractivity contribution in [2.45, 2.75) is 50.7 Å². The van der Waals surface area contributed by atoms with Crippen molar-refractivity contribution in [2.24, 2.45) is 5.41 Å². The van der Waals surface area contributed by atoms with Crippen molar-refractivity contribution in [3.63, 3.8) is 0 Å². The van der Waals surface area contributed by atoms with Gasteiger partial charge in [-0.25, -0.2) is 9.37 Å². The number of rotatable bonds is 5. The number of nitrogens with zero attached hydrogens (tertiary/aromatic N) is 4. The Labute approximate surface area is 214 Å². The zero-order chi connectivity index (χ0) is 27.1. The second kappa shape index (κ2) is 9.60. The molecule has 3 heterocycles. The van der Waals surface area contributed by atoms with Crippen molar-refractivity contribution in [3.8, 4) is 5.75 Å². The van der Waals surface area contributed by atoms with Gasteiger partial charge >= 0.3 is 11.8 Å². The van der Waals surface area contributed by atoms with E-state index in [1.54, 1.807) is 0 Å². The number of fused-ring (bicyclic) bond motifs is 2. The molecule has 2 bridgehead atoms. The van der Waals surface area contributed by atoms with Crippen LogP contribution in [0.25, 0.3) is 0 Å². The quantitative estimate of drug-likeness (QED) is 0.586. The summed E-state index contributed by atoms with van der Waals surface area (Å²) >= 11 is 0. The van der Waals surface area contributed by atoms with E-state index in [1.807, 2.05) is 0 Å². The fraction of sp³-hybridized carbons (Fsp3) is 0.462. The molecule has 3 aliphatic rings. The maximum Gasteiger partial charge on any atom is 0.312 e. The first-order valence-electron chi connectivity index (χ1n) is 12.1. The first kappa shape index (κ1) is 26.3. The molecule has 197 valence electrons. The number of nitrogens with one attached hydrogen (secondary N) is 1. The first-order chi connectivity index (χ1) is 17.4. The lowest BCUT2D eigenvalue weighted by atomic mass is 9.66. The minimum Gasteiger partial charge on any atom is -0.501 e. The Balaban J connectivity index is 1.79. The predicted molar refractivity (Wildman–Crippen MR) is 132 cm³/mol. The molecule has 5 rings (SSSR count). The minimum atomic E-state index is -1.13. The third kappa shape index (κ3) is 4.47. The van der Waals surface area contributed by atoms with Crippen LogP contribution in [0.4, 0.5) is 4.39 Å². The number of hydrogen-bond donors (Lipinski definition) is 2. The zero-order valence-corrected chi connectivity index (χ0v) is 21.2. The molecule has 0 saturated heterocycles. The number of aromatic nitrogens is 2. The molecule has 2 aliphatic heterocycles. The number of aromatic hydroxyl groups is 1. The summed E-state index contributed by atoms with van der Waals surface area (Å²) in [6, 6.07) is 5.52. The molecule has 3 amide bonds. The molecular formula is C26H31FN5O5. The molecule has 11 heteroatoms. The molecule has 1 aromatic carbocycles. The number of amides is 3. The van der Waals surface area contributed by atoms with Crippen LogP contribution in [0.1, 0.15) is 54.0 Å². The van der Waals surface area contributed by atoms with E-state index in [9.17, 15) is 28.7 Å². The average molecular weight is 513 g/mol. The molecule has 0 unspecified atom stereocenters. The van der Waals surface area contributed by atoms with Crippen LogP contribution in [0.3, 0.4) is 0 Å². The molecule has 1 aromatic heterocycles. The lowest BCUT2D eigenvalue weighted by Gasteiger charge is -2.46. The maximum atomic E-state index is 13.4. The minimum absolute atomic E-state index is 0.0180. The van der Waals surface area contributed by atoms with E-state index in [1.165, 1.54) is 59.8 Å². The van der Waals surface area contributed by atoms with Crippen molar-refractivity contribution < 1.29 is 23.9 Å². The van der Waals surface area contributed by atoms with Crippen molar-refractivity contribution in [3.05, 3.63) is 64.4 Å². The van der Waals surface area contributed by atoms with Gasteiger partial charge in [0.25, 0.3) is 11.5 Å². The van der Waals surface area contributed by atoms with E-state index in [2.05, 4.69) is 17.2 Å². The standard InChI is InChI=1S/C26H31FN5O5/c1-5-25-10-12-26(13-11-25,31(4)23(37)22(36)30(2)3)24-29-18(19(33)21(35)32(24)15-25)20(34)28-14-16-6-8-17(27)9-7-16/h6-9,33H,1,5,10-15H2,2-4H3,(H,28,34). The molecule has 2 N–H and O–H groups in total. The van der Waals surface area contributed by atoms with Crippen LogP contribution in [-0.4, -0.2) is 63.3 Å². The van der Waals surface area contributed by atoms with Gasteiger partial charge in [0.2, 0.25) is 5.75 Å². The van der Waals surface area contributed by atoms with E-state index < -0.39 is 46.1 Å². The van der Waals surface area contributed by atoms with Crippen LogP contribution < -0.4 is 10.9 Å². The summed E-state index contributed by atoms with van der Waals surface area (Å²) in [5.41, 5.74) is -2.11. The van der Waals surface area contributed by atoms with Crippen LogP contribution in [0.2, 0.25) is 0 Å². The highest BCUT2D eigenvalue weighted by atomic mass is 19.1. The summed E-state index contributed by atoms with van der Waals surface area (Å²) < 4.78 is 14.5. The predicted octanol–water partition coefficient (Wildman–Crippen LogP) is 1.56. The van der Waals surface area contributed by atoms with E-state index >= 15 is 0 Å². The van der Waals surface area contributed by atoms with Crippen LogP contribution in [0.5, 0.6) is 5.75 Å². The zero-order valence-electron chi connectivity index (χ0n) is 21.2. The van der Waals surface area contributed by atoms with Crippen molar-refractivity contribution in [2.75, 3.05) is 21.1 Å². The lowest BCUT2D eigenvalue weighted by molar-refractivity contribution is -0.155. The summed E-state index contributed by atoms with van der Waals surface area (Å²) in [5.74, 6) is -3.32. The van der Waals surface area contributed by atoms with E-state index in [4.69, 9.17) is 0 Å². The van der Waals surface area contributed by atoms with Gasteiger partial charge in [-0.15, -0.1) is 0 Å². The molecule has 0 atom stereocenters. The topological polar surface area (TPSA) is 125 Å². The largest absolute Gasteiger partial charge is 0.501 e. The summed E-state index contributed by atoms with van der Waals surface area (Å²) in [4.78, 5) is 59.2. The Morgan fingerprint density at radius 1 is 1.11 bits per heavy atom. The number of halogens is 1. The molecule has 1 radical (unpaired) electrons. The Hall–Kier alpha value is -3.76. The van der Waals surface area contributed by atoms with Gasteiger partial charge in [-0.2, -0.15) is 0 Å². The first-order valence-corrected chi connectivity index (χ1v) is 12.1. The van der Waals surface area contributed by atoms with Gasteiger partial charge < -0.3 is 20.2 Å². The fourth-order valence-electron chi connectivity index (χ4n) is 5.33. The third-order valence-corrected chi connectivity index (χ3v) is 7.84. The van der Waals surface area contributed by atoms with Gasteiger partial charge in [0, 0.05) is 34.2 Å². The van der Waals surface area contributed by atoms with Crippen LogP contribution in [-0.2, 0) is 28.2 Å². The SMILES string of the molecule is [CH2]CC12CCC(N(C)C(=O)C(=O)N(C)C)(CC1)c1nc(C(=O)NCc3ccc(F)cc3)c(O)c(=O)n1C2. The Morgan fingerprint density at radius 2 is 1.73 bits per heavy atom. The molecule has 37 heavy (non-hydrogen) atoms. The van der Waals surface area contributed by atoms with E-state index in [-0.39, 0.29) is 24.3 Å². The second-order valence-electron chi connectivity index (χ2n) is 10.2. The highest BCUT2D eigenvalue weighted by Crippen LogP contribution is 2.53. The number of hydrogen-bond acceptors (Lipinski definition) is 6. The van der Waals surface area contributed by atoms with Crippen molar-refractivity contribution in [1.29, 1.82) is 0 Å². The van der Waals surface area contributed by atoms with Gasteiger partial charge in [-0.3, -0.25) is 23.7 Å². The molecule has 1 aliphatic carbocycles. The molecule has 10 nitrogen and oxygen atoms in total. The average Bonchev–Trinajstić information content (AvgIpc) is 3.13. The van der Waals surface area contributed by atoms with Crippen LogP contribution in [0.15, 0.2) is 29.1 Å². The summed E-state index contributed by atoms with van der Waals surface area (Å²) in [6.45, 7) is 4.32. The molecule has 0 spiro atoms. The Kier molecular flexibility index (Phi) is 6.83. The highest BCUT2D eigenvalue weighted by molar-refractivity contribution is 6.34. The third-order valence-electron chi connectivity index (χ3n) is 7.84. The van der Waals surface area contributed by atoms with Crippen LogP contribution in [0, 0.1) is 18.2 Å². The van der Waals surface area contributed by atoms with Crippen molar-refractivity contribution >= 4 is 17.7 Å². The van der Waals surface area contributed by atoms with Gasteiger partial charge in [0.15, 0.2) is 5.69 Å². The van der Waals surface area contributed by atoms with Gasteiger partial charge in [-0.05, 0) is 55.2 Å². The summed E-state index contributed by atoms with van der Waals surface area (Å²) in [6.07, 6.45) is 2.61. The number of benzene rings is 1. The second-order valence-corrected chi connectivity index (χ2v) is 10.2. The number of carbonyl (C=O) groups is 3. The molecule has 2 aromatic rings. The normalized spacial score (nSPS) is 22.1. The number of carbonyl (C=O) groups excluding carboxylic acids is 3. The Bertz CT molecular complexity index is 1300. The van der Waals surface area contributed by atoms with E-state index in [0.29, 0.717) is 37.7 Å². The van der Waals surface area contributed by atoms with Gasteiger partial charge in [0.1, 0.15) is 17.2 Å². The van der Waals surface area contributed by atoms with E-state index in [0.717, 1.165) is 0 Å². The Morgan fingerprint density at radius 3 is 2.30 bits per heavy atom. The maximum absolute atomic E-state index is 13.4. The smallest absolute Gasteiger partial charge is 0.312 e. The fourth-order valence-corrected chi connectivity index (χ4v) is 5.33. The van der Waals surface area contributed by atoms with Gasteiger partial charge in [0.05, 0.1) is 0 Å². The highest BCUT2D eigenvalue weighted by Gasteiger charge is 2.54. The van der Waals surface area contributed by atoms with Gasteiger partial charge in [-0.1, -0.05) is 19.1 Å². The molecule has 1 fully saturated rings. The summed E-state index contributed by atoms with van der Waals surface area (Å²) in [7, 11) is 4.46. The molecular weight excluding hydrogens is 481 g/mol. The molecule has 1 saturated carbocycles. The monoisotopic (exact) mass is 512 g/mol.